The van der Waals surface area contributed by atoms with E-state index in [4.69, 9.17) is 11.6 Å². The summed E-state index contributed by atoms with van der Waals surface area (Å²) in [5, 5.41) is 3.84. The minimum absolute atomic E-state index is 0.147. The van der Waals surface area contributed by atoms with Crippen LogP contribution in [0.25, 0.3) is 0 Å². The van der Waals surface area contributed by atoms with E-state index in [1.165, 1.54) is 0 Å². The average Bonchev–Trinajstić information content (AvgIpc) is 3.07. The number of anilines is 1. The number of rotatable bonds is 4. The molecule has 3 heteroatoms. The molecule has 2 atom stereocenters. The van der Waals surface area contributed by atoms with Crippen molar-refractivity contribution in [3.63, 3.8) is 0 Å². The predicted molar refractivity (Wildman–Crippen MR) is 76.1 cm³/mol. The maximum atomic E-state index is 12.1. The molecule has 2 rings (SSSR count). The molecule has 98 valence electrons. The monoisotopic (exact) mass is 265 g/mol. The number of carbonyl (C=O) groups excluding carboxylic acids is 1. The van der Waals surface area contributed by atoms with Crippen molar-refractivity contribution in [2.75, 3.05) is 5.32 Å². The maximum absolute atomic E-state index is 12.1. The van der Waals surface area contributed by atoms with Crippen LogP contribution in [0.15, 0.2) is 12.1 Å². The van der Waals surface area contributed by atoms with Crippen LogP contribution in [0.5, 0.6) is 0 Å². The smallest absolute Gasteiger partial charge is 0.227 e. The second kappa shape index (κ2) is 5.31. The van der Waals surface area contributed by atoms with Crippen LogP contribution in [0.2, 0.25) is 5.02 Å². The van der Waals surface area contributed by atoms with Gasteiger partial charge in [0.25, 0.3) is 0 Å². The van der Waals surface area contributed by atoms with E-state index in [1.807, 2.05) is 12.1 Å². The summed E-state index contributed by atoms with van der Waals surface area (Å²) in [5.74, 6) is 0.867. The molecule has 0 aliphatic heterocycles. The van der Waals surface area contributed by atoms with Crippen molar-refractivity contribution in [3.05, 3.63) is 28.3 Å². The molecule has 1 fully saturated rings. The lowest BCUT2D eigenvalue weighted by Crippen LogP contribution is -2.17. The lowest BCUT2D eigenvalue weighted by atomic mass is 10.0. The zero-order chi connectivity index (χ0) is 13.3. The third kappa shape index (κ3) is 2.54. The van der Waals surface area contributed by atoms with Crippen LogP contribution in [0.3, 0.4) is 0 Å². The normalized spacial score (nSPS) is 21.8. The van der Waals surface area contributed by atoms with Gasteiger partial charge in [-0.05, 0) is 42.4 Å². The molecular weight excluding hydrogens is 246 g/mol. The van der Waals surface area contributed by atoms with Crippen LogP contribution in [0.1, 0.15) is 38.3 Å². The Morgan fingerprint density at radius 1 is 1.39 bits per heavy atom. The molecule has 1 saturated carbocycles. The quantitative estimate of drug-likeness (QED) is 0.874. The van der Waals surface area contributed by atoms with Crippen molar-refractivity contribution in [1.82, 2.24) is 0 Å². The van der Waals surface area contributed by atoms with Crippen LogP contribution >= 0.6 is 11.6 Å². The fourth-order valence-corrected chi connectivity index (χ4v) is 2.66. The van der Waals surface area contributed by atoms with Crippen molar-refractivity contribution in [2.45, 2.75) is 40.0 Å². The largest absolute Gasteiger partial charge is 0.325 e. The Labute approximate surface area is 114 Å². The summed E-state index contributed by atoms with van der Waals surface area (Å²) in [5.41, 5.74) is 3.16. The maximum Gasteiger partial charge on any atom is 0.227 e. The van der Waals surface area contributed by atoms with E-state index >= 15 is 0 Å². The molecule has 1 N–H and O–H groups in total. The van der Waals surface area contributed by atoms with Gasteiger partial charge in [-0.2, -0.15) is 0 Å². The van der Waals surface area contributed by atoms with Crippen molar-refractivity contribution in [2.24, 2.45) is 11.8 Å². The van der Waals surface area contributed by atoms with Gasteiger partial charge in [0.05, 0.1) is 0 Å². The molecule has 1 amide bonds. The molecule has 0 bridgehead atoms. The van der Waals surface area contributed by atoms with Crippen LogP contribution in [0.4, 0.5) is 5.69 Å². The molecule has 18 heavy (non-hydrogen) atoms. The zero-order valence-electron chi connectivity index (χ0n) is 11.2. The first-order valence-electron chi connectivity index (χ1n) is 6.69. The van der Waals surface area contributed by atoms with Crippen molar-refractivity contribution in [1.29, 1.82) is 0 Å². The molecule has 2 nitrogen and oxygen atoms in total. The number of halogens is 1. The van der Waals surface area contributed by atoms with Gasteiger partial charge >= 0.3 is 0 Å². The van der Waals surface area contributed by atoms with Gasteiger partial charge in [0, 0.05) is 16.6 Å². The Morgan fingerprint density at radius 2 is 2.06 bits per heavy atom. The summed E-state index contributed by atoms with van der Waals surface area (Å²) in [4.78, 5) is 12.1. The highest BCUT2D eigenvalue weighted by Gasteiger charge is 2.39. The molecule has 1 aliphatic carbocycles. The van der Waals surface area contributed by atoms with Crippen LogP contribution in [-0.4, -0.2) is 5.91 Å². The van der Waals surface area contributed by atoms with Crippen molar-refractivity contribution in [3.8, 4) is 0 Å². The van der Waals surface area contributed by atoms with Gasteiger partial charge in [-0.15, -0.1) is 0 Å². The van der Waals surface area contributed by atoms with E-state index in [9.17, 15) is 4.79 Å². The van der Waals surface area contributed by atoms with E-state index in [2.05, 4.69) is 26.1 Å². The Morgan fingerprint density at radius 3 is 2.56 bits per heavy atom. The minimum Gasteiger partial charge on any atom is -0.325 e. The SMILES string of the molecule is CCc1ccc(Cl)c(CC)c1NC(=O)C1CC1C. The number of benzene rings is 1. The fraction of sp³-hybridized carbons (Fsp3) is 0.533. The van der Waals surface area contributed by atoms with E-state index in [0.717, 1.165) is 41.1 Å². The highest BCUT2D eigenvalue weighted by molar-refractivity contribution is 6.32. The molecule has 0 spiro atoms. The minimum atomic E-state index is 0.147. The number of nitrogens with one attached hydrogen (secondary N) is 1. The number of hydrogen-bond acceptors (Lipinski definition) is 1. The third-order valence-electron chi connectivity index (χ3n) is 3.77. The molecule has 2 unspecified atom stereocenters. The second-order valence-electron chi connectivity index (χ2n) is 5.08. The van der Waals surface area contributed by atoms with Gasteiger partial charge < -0.3 is 5.32 Å². The van der Waals surface area contributed by atoms with E-state index < -0.39 is 0 Å². The van der Waals surface area contributed by atoms with Crippen LogP contribution in [0, 0.1) is 11.8 Å². The Balaban J connectivity index is 2.29. The summed E-state index contributed by atoms with van der Waals surface area (Å²) >= 11 is 6.21. The summed E-state index contributed by atoms with van der Waals surface area (Å²) in [6, 6.07) is 3.93. The first-order chi connectivity index (χ1) is 8.58. The van der Waals surface area contributed by atoms with E-state index in [1.54, 1.807) is 0 Å². The molecule has 1 aliphatic rings. The summed E-state index contributed by atoms with van der Waals surface area (Å²) in [7, 11) is 0. The Kier molecular flexibility index (Phi) is 3.96. The molecule has 1 aromatic carbocycles. The molecule has 0 radical (unpaired) electrons. The lowest BCUT2D eigenvalue weighted by Gasteiger charge is -2.15. The first kappa shape index (κ1) is 13.4. The standard InChI is InChI=1S/C15H20ClNO/c1-4-10-6-7-13(16)11(5-2)14(10)17-15(18)12-8-9(12)3/h6-7,9,12H,4-5,8H2,1-3H3,(H,17,18). The topological polar surface area (TPSA) is 29.1 Å². The third-order valence-corrected chi connectivity index (χ3v) is 4.13. The number of carbonyl (C=O) groups is 1. The number of aryl methyl sites for hydroxylation is 1. The highest BCUT2D eigenvalue weighted by atomic mass is 35.5. The molecule has 0 aromatic heterocycles. The highest BCUT2D eigenvalue weighted by Crippen LogP contribution is 2.39. The van der Waals surface area contributed by atoms with Crippen LogP contribution < -0.4 is 5.32 Å². The molecule has 0 saturated heterocycles. The summed E-state index contributed by atoms with van der Waals surface area (Å²) < 4.78 is 0. The molecule has 1 aromatic rings. The fourth-order valence-electron chi connectivity index (χ4n) is 2.37. The molecule has 0 heterocycles. The van der Waals surface area contributed by atoms with Gasteiger partial charge in [0.15, 0.2) is 0 Å². The van der Waals surface area contributed by atoms with Crippen molar-refractivity contribution < 1.29 is 4.79 Å². The molecular formula is C15H20ClNO. The van der Waals surface area contributed by atoms with Gasteiger partial charge in [-0.3, -0.25) is 4.79 Å². The zero-order valence-corrected chi connectivity index (χ0v) is 12.0. The van der Waals surface area contributed by atoms with E-state index in [-0.39, 0.29) is 11.8 Å². The lowest BCUT2D eigenvalue weighted by molar-refractivity contribution is -0.117. The number of hydrogen-bond donors (Lipinski definition) is 1. The van der Waals surface area contributed by atoms with Gasteiger partial charge in [-0.1, -0.05) is 38.4 Å². The first-order valence-corrected chi connectivity index (χ1v) is 7.07. The van der Waals surface area contributed by atoms with Gasteiger partial charge in [-0.25, -0.2) is 0 Å². The predicted octanol–water partition coefficient (Wildman–Crippen LogP) is 4.06. The Hall–Kier alpha value is -1.02. The average molecular weight is 266 g/mol. The summed E-state index contributed by atoms with van der Waals surface area (Å²) in [6.45, 7) is 6.28. The van der Waals surface area contributed by atoms with Crippen LogP contribution in [-0.2, 0) is 17.6 Å². The Bertz CT molecular complexity index is 470. The van der Waals surface area contributed by atoms with E-state index in [0.29, 0.717) is 5.92 Å². The van der Waals surface area contributed by atoms with Gasteiger partial charge in [0.1, 0.15) is 0 Å². The summed E-state index contributed by atoms with van der Waals surface area (Å²) in [6.07, 6.45) is 2.75. The van der Waals surface area contributed by atoms with Crippen molar-refractivity contribution >= 4 is 23.2 Å². The number of amides is 1. The van der Waals surface area contributed by atoms with Gasteiger partial charge in [0.2, 0.25) is 5.91 Å². The second-order valence-corrected chi connectivity index (χ2v) is 5.48.